The lowest BCUT2D eigenvalue weighted by Gasteiger charge is -2.23. The van der Waals surface area contributed by atoms with E-state index < -0.39 is 14.4 Å². The summed E-state index contributed by atoms with van der Waals surface area (Å²) in [7, 11) is -1.76. The summed E-state index contributed by atoms with van der Waals surface area (Å²) in [6, 6.07) is 0. The highest BCUT2D eigenvalue weighted by Crippen LogP contribution is 2.13. The second-order valence-electron chi connectivity index (χ2n) is 11.4. The first kappa shape index (κ1) is 35.1. The van der Waals surface area contributed by atoms with Crippen molar-refractivity contribution in [3.63, 3.8) is 0 Å². The maximum Gasteiger partial charge on any atom is 0.306 e. The summed E-state index contributed by atoms with van der Waals surface area (Å²) in [4.78, 5) is 24.6. The molecule has 36 heavy (non-hydrogen) atoms. The van der Waals surface area contributed by atoms with Crippen molar-refractivity contribution in [2.24, 2.45) is 0 Å². The molecule has 0 spiro atoms. The van der Waals surface area contributed by atoms with Gasteiger partial charge in [0.05, 0.1) is 6.61 Å². The normalized spacial score (nSPS) is 12.5. The Labute approximate surface area is 224 Å². The fourth-order valence-electron chi connectivity index (χ4n) is 4.12. The SMILES string of the molecule is CCCCCCCCCCCC(=O)OCC(CO[Si](C)(C)C)OC(=O)CCCCCCCCCCC. The lowest BCUT2D eigenvalue weighted by molar-refractivity contribution is -0.161. The van der Waals surface area contributed by atoms with Crippen molar-refractivity contribution in [1.82, 2.24) is 0 Å². The van der Waals surface area contributed by atoms with Gasteiger partial charge in [-0.1, -0.05) is 117 Å². The van der Waals surface area contributed by atoms with Gasteiger partial charge in [-0.25, -0.2) is 0 Å². The van der Waals surface area contributed by atoms with Crippen molar-refractivity contribution >= 4 is 20.3 Å². The molecule has 1 atom stereocenters. The molecule has 0 radical (unpaired) electrons. The van der Waals surface area contributed by atoms with Crippen LogP contribution in [0.2, 0.25) is 19.6 Å². The predicted molar refractivity (Wildman–Crippen MR) is 154 cm³/mol. The minimum atomic E-state index is -1.76. The molecule has 6 heteroatoms. The van der Waals surface area contributed by atoms with Gasteiger partial charge in [-0.2, -0.15) is 0 Å². The molecule has 0 N–H and O–H groups in total. The molecule has 5 nitrogen and oxygen atoms in total. The highest BCUT2D eigenvalue weighted by molar-refractivity contribution is 6.69. The van der Waals surface area contributed by atoms with Gasteiger partial charge in [0.25, 0.3) is 0 Å². The Hall–Kier alpha value is -0.883. The van der Waals surface area contributed by atoms with Crippen LogP contribution in [0.15, 0.2) is 0 Å². The standard InChI is InChI=1S/C30H60O5Si/c1-6-8-10-12-14-16-18-20-22-24-29(31)33-26-28(27-34-36(3,4)5)35-30(32)25-23-21-19-17-15-13-11-9-7-2/h28H,6-27H2,1-5H3. The molecular weight excluding hydrogens is 468 g/mol. The summed E-state index contributed by atoms with van der Waals surface area (Å²) in [5.74, 6) is -0.414. The first-order chi connectivity index (χ1) is 17.3. The van der Waals surface area contributed by atoms with Crippen LogP contribution in [0.1, 0.15) is 142 Å². The number of ether oxygens (including phenoxy) is 2. The molecule has 0 saturated carbocycles. The molecule has 0 fully saturated rings. The van der Waals surface area contributed by atoms with E-state index in [1.807, 2.05) is 0 Å². The van der Waals surface area contributed by atoms with E-state index in [0.29, 0.717) is 19.4 Å². The third-order valence-electron chi connectivity index (χ3n) is 6.40. The van der Waals surface area contributed by atoms with Gasteiger partial charge in [0.1, 0.15) is 6.61 Å². The molecular formula is C30H60O5Si. The molecule has 0 aliphatic carbocycles. The average molecular weight is 529 g/mol. The van der Waals surface area contributed by atoms with Gasteiger partial charge in [-0.05, 0) is 32.5 Å². The molecule has 1 unspecified atom stereocenters. The van der Waals surface area contributed by atoms with E-state index in [0.717, 1.165) is 25.7 Å². The van der Waals surface area contributed by atoms with Gasteiger partial charge in [0, 0.05) is 12.8 Å². The minimum absolute atomic E-state index is 0.0875. The van der Waals surface area contributed by atoms with Crippen LogP contribution in [0.5, 0.6) is 0 Å². The van der Waals surface area contributed by atoms with Crippen molar-refractivity contribution in [1.29, 1.82) is 0 Å². The van der Waals surface area contributed by atoms with Crippen molar-refractivity contribution in [3.8, 4) is 0 Å². The quantitative estimate of drug-likeness (QED) is 0.0636. The van der Waals surface area contributed by atoms with E-state index in [9.17, 15) is 9.59 Å². The summed E-state index contributed by atoms with van der Waals surface area (Å²) >= 11 is 0. The van der Waals surface area contributed by atoms with E-state index >= 15 is 0 Å². The van der Waals surface area contributed by atoms with Gasteiger partial charge in [-0.15, -0.1) is 0 Å². The monoisotopic (exact) mass is 528 g/mol. The van der Waals surface area contributed by atoms with Gasteiger partial charge in [0.15, 0.2) is 14.4 Å². The van der Waals surface area contributed by atoms with Crippen LogP contribution in [0.25, 0.3) is 0 Å². The number of unbranched alkanes of at least 4 members (excludes halogenated alkanes) is 16. The topological polar surface area (TPSA) is 61.8 Å². The first-order valence-corrected chi connectivity index (χ1v) is 18.7. The van der Waals surface area contributed by atoms with Crippen molar-refractivity contribution in [2.45, 2.75) is 168 Å². The number of esters is 2. The smallest absolute Gasteiger partial charge is 0.306 e. The number of carbonyl (C=O) groups is 2. The lowest BCUT2D eigenvalue weighted by atomic mass is 10.1. The summed E-state index contributed by atoms with van der Waals surface area (Å²) in [6.07, 6.45) is 22.2. The zero-order valence-electron chi connectivity index (χ0n) is 24.7. The molecule has 0 heterocycles. The third kappa shape index (κ3) is 26.2. The van der Waals surface area contributed by atoms with Crippen LogP contribution < -0.4 is 0 Å². The zero-order valence-corrected chi connectivity index (χ0v) is 25.7. The van der Waals surface area contributed by atoms with Gasteiger partial charge < -0.3 is 13.9 Å². The number of hydrogen-bond donors (Lipinski definition) is 0. The predicted octanol–water partition coefficient (Wildman–Crippen LogP) is 9.13. The zero-order chi connectivity index (χ0) is 26.9. The highest BCUT2D eigenvalue weighted by atomic mass is 28.4. The Kier molecular flexibility index (Phi) is 23.9. The van der Waals surface area contributed by atoms with Crippen LogP contribution in [0, 0.1) is 0 Å². The van der Waals surface area contributed by atoms with Gasteiger partial charge in [0.2, 0.25) is 0 Å². The molecule has 0 aromatic carbocycles. The molecule has 0 bridgehead atoms. The fourth-order valence-corrected chi connectivity index (χ4v) is 4.81. The van der Waals surface area contributed by atoms with Crippen molar-refractivity contribution < 1.29 is 23.5 Å². The average Bonchev–Trinajstić information content (AvgIpc) is 2.83. The molecule has 0 amide bonds. The molecule has 0 rings (SSSR count). The molecule has 0 aromatic rings. The third-order valence-corrected chi connectivity index (χ3v) is 7.43. The largest absolute Gasteiger partial charge is 0.462 e. The second-order valence-corrected chi connectivity index (χ2v) is 15.9. The molecule has 0 aromatic heterocycles. The van der Waals surface area contributed by atoms with Crippen LogP contribution in [-0.2, 0) is 23.5 Å². The molecule has 0 aliphatic rings. The van der Waals surface area contributed by atoms with Gasteiger partial charge >= 0.3 is 11.9 Å². The summed E-state index contributed by atoms with van der Waals surface area (Å²) in [6.45, 7) is 11.2. The van der Waals surface area contributed by atoms with E-state index in [1.165, 1.54) is 89.9 Å². The second kappa shape index (κ2) is 24.5. The minimum Gasteiger partial charge on any atom is -0.462 e. The number of rotatable bonds is 26. The Balaban J connectivity index is 4.07. The van der Waals surface area contributed by atoms with Crippen LogP contribution >= 0.6 is 0 Å². The van der Waals surface area contributed by atoms with Crippen LogP contribution in [0.3, 0.4) is 0 Å². The summed E-state index contributed by atoms with van der Waals surface area (Å²) in [5.41, 5.74) is 0. The number of hydrogen-bond acceptors (Lipinski definition) is 5. The number of carbonyl (C=O) groups excluding carboxylic acids is 2. The fraction of sp³-hybridized carbons (Fsp3) is 0.933. The Bertz CT molecular complexity index is 518. The lowest BCUT2D eigenvalue weighted by Crippen LogP contribution is -2.35. The van der Waals surface area contributed by atoms with E-state index in [4.69, 9.17) is 13.9 Å². The van der Waals surface area contributed by atoms with E-state index in [-0.39, 0.29) is 18.5 Å². The van der Waals surface area contributed by atoms with Crippen molar-refractivity contribution in [3.05, 3.63) is 0 Å². The highest BCUT2D eigenvalue weighted by Gasteiger charge is 2.22. The molecule has 214 valence electrons. The van der Waals surface area contributed by atoms with Crippen LogP contribution in [-0.4, -0.2) is 39.6 Å². The summed E-state index contributed by atoms with van der Waals surface area (Å²) in [5, 5.41) is 0. The summed E-state index contributed by atoms with van der Waals surface area (Å²) < 4.78 is 17.1. The maximum atomic E-state index is 12.4. The van der Waals surface area contributed by atoms with Crippen LogP contribution in [0.4, 0.5) is 0 Å². The van der Waals surface area contributed by atoms with E-state index in [2.05, 4.69) is 33.5 Å². The Morgan fingerprint density at radius 3 is 1.36 bits per heavy atom. The van der Waals surface area contributed by atoms with Gasteiger partial charge in [-0.3, -0.25) is 9.59 Å². The van der Waals surface area contributed by atoms with E-state index in [1.54, 1.807) is 0 Å². The molecule has 0 saturated heterocycles. The van der Waals surface area contributed by atoms with Crippen molar-refractivity contribution in [2.75, 3.05) is 13.2 Å². The Morgan fingerprint density at radius 2 is 0.944 bits per heavy atom. The Morgan fingerprint density at radius 1 is 0.556 bits per heavy atom. The maximum absolute atomic E-state index is 12.4. The first-order valence-electron chi connectivity index (χ1n) is 15.3. The molecule has 0 aliphatic heterocycles.